The quantitative estimate of drug-likeness (QED) is 0.360. The van der Waals surface area contributed by atoms with Crippen molar-refractivity contribution in [2.24, 2.45) is 10.2 Å². The maximum absolute atomic E-state index is 12.9. The van der Waals surface area contributed by atoms with Crippen LogP contribution in [0.3, 0.4) is 0 Å². The molecule has 2 rings (SSSR count). The van der Waals surface area contributed by atoms with E-state index in [4.69, 9.17) is 32.9 Å². The minimum atomic E-state index is -1.45. The van der Waals surface area contributed by atoms with Gasteiger partial charge in [0.15, 0.2) is 5.78 Å². The predicted molar refractivity (Wildman–Crippen MR) is 108 cm³/mol. The molecule has 9 heteroatoms. The summed E-state index contributed by atoms with van der Waals surface area (Å²) in [5, 5.41) is 8.21. The normalized spacial score (nSPS) is 11.9. The van der Waals surface area contributed by atoms with Crippen molar-refractivity contribution in [3.8, 4) is 11.5 Å². The van der Waals surface area contributed by atoms with Crippen LogP contribution in [0.4, 0.5) is 11.4 Å². The standard InChI is InChI=1S/C19H19Cl2N3O4/c1-11-8-9-13(20)14(10-11)22-23-17(12(2)25)19(26)24(21)18-15(27-3)6-5-7-16(18)28-4/h5-10,17H,1-4H3. The summed E-state index contributed by atoms with van der Waals surface area (Å²) in [6, 6.07) is 8.60. The highest BCUT2D eigenvalue weighted by molar-refractivity contribution is 6.40. The summed E-state index contributed by atoms with van der Waals surface area (Å²) in [5.41, 5.74) is 1.41. The molecule has 0 aliphatic heterocycles. The summed E-state index contributed by atoms with van der Waals surface area (Å²) in [5.74, 6) is -0.742. The molecule has 0 spiro atoms. The lowest BCUT2D eigenvalue weighted by Crippen LogP contribution is -2.36. The zero-order valence-corrected chi connectivity index (χ0v) is 17.3. The first-order valence-electron chi connectivity index (χ1n) is 8.18. The minimum absolute atomic E-state index is 0.161. The van der Waals surface area contributed by atoms with Crippen LogP contribution >= 0.6 is 23.4 Å². The fourth-order valence-corrected chi connectivity index (χ4v) is 2.78. The number of aryl methyl sites for hydroxylation is 1. The first kappa shape index (κ1) is 21.7. The molecule has 0 aliphatic rings. The van der Waals surface area contributed by atoms with E-state index in [1.807, 2.05) is 13.0 Å². The lowest BCUT2D eigenvalue weighted by atomic mass is 10.2. The molecular weight excluding hydrogens is 405 g/mol. The Balaban J connectivity index is 2.39. The SMILES string of the molecule is COc1cccc(OC)c1N(Cl)C(=O)C(N=Nc1cc(C)ccc1Cl)C(C)=O. The molecule has 0 aliphatic carbocycles. The predicted octanol–water partition coefficient (Wildman–Crippen LogP) is 4.89. The van der Waals surface area contributed by atoms with E-state index < -0.39 is 17.7 Å². The second-order valence-corrected chi connectivity index (χ2v) is 6.56. The third kappa shape index (κ3) is 4.79. The second-order valence-electron chi connectivity index (χ2n) is 5.81. The van der Waals surface area contributed by atoms with Gasteiger partial charge in [-0.15, -0.1) is 0 Å². The smallest absolute Gasteiger partial charge is 0.276 e. The molecule has 0 radical (unpaired) electrons. The molecule has 28 heavy (non-hydrogen) atoms. The second kappa shape index (κ2) is 9.52. The Kier molecular flexibility index (Phi) is 7.37. The van der Waals surface area contributed by atoms with Crippen molar-refractivity contribution >= 4 is 46.4 Å². The van der Waals surface area contributed by atoms with Crippen molar-refractivity contribution in [1.82, 2.24) is 0 Å². The summed E-state index contributed by atoms with van der Waals surface area (Å²) in [7, 11) is 2.85. The largest absolute Gasteiger partial charge is 0.494 e. The van der Waals surface area contributed by atoms with E-state index in [0.29, 0.717) is 22.2 Å². The molecule has 0 bridgehead atoms. The molecule has 2 aromatic rings. The fourth-order valence-electron chi connectivity index (χ4n) is 2.37. The molecule has 0 fully saturated rings. The highest BCUT2D eigenvalue weighted by Gasteiger charge is 2.32. The zero-order valence-electron chi connectivity index (χ0n) is 15.8. The Morgan fingerprint density at radius 1 is 1.11 bits per heavy atom. The number of Topliss-reactive ketones (excluding diaryl/α,β-unsaturated/α-hetero) is 1. The Morgan fingerprint density at radius 3 is 2.25 bits per heavy atom. The number of amides is 1. The van der Waals surface area contributed by atoms with Crippen LogP contribution in [0.2, 0.25) is 5.02 Å². The molecule has 1 atom stereocenters. The summed E-state index contributed by atoms with van der Waals surface area (Å²) >= 11 is 12.3. The average molecular weight is 424 g/mol. The minimum Gasteiger partial charge on any atom is -0.494 e. The lowest BCUT2D eigenvalue weighted by Gasteiger charge is -2.21. The van der Waals surface area contributed by atoms with E-state index in [0.717, 1.165) is 9.98 Å². The molecular formula is C19H19Cl2N3O4. The number of anilines is 1. The molecule has 0 heterocycles. The van der Waals surface area contributed by atoms with Crippen LogP contribution in [0.1, 0.15) is 12.5 Å². The van der Waals surface area contributed by atoms with Crippen molar-refractivity contribution in [3.63, 3.8) is 0 Å². The van der Waals surface area contributed by atoms with E-state index in [-0.39, 0.29) is 5.69 Å². The highest BCUT2D eigenvalue weighted by atomic mass is 35.5. The van der Waals surface area contributed by atoms with Gasteiger partial charge in [-0.05, 0) is 43.7 Å². The van der Waals surface area contributed by atoms with Gasteiger partial charge in [0.2, 0.25) is 6.04 Å². The molecule has 0 aromatic heterocycles. The number of halogens is 2. The van der Waals surface area contributed by atoms with Crippen molar-refractivity contribution in [2.75, 3.05) is 18.6 Å². The Labute approximate surface area is 173 Å². The van der Waals surface area contributed by atoms with Crippen LogP contribution in [0.5, 0.6) is 11.5 Å². The molecule has 0 saturated carbocycles. The Bertz CT molecular complexity index is 896. The summed E-state index contributed by atoms with van der Waals surface area (Å²) in [4.78, 5) is 24.9. The Hall–Kier alpha value is -2.64. The first-order chi connectivity index (χ1) is 13.3. The van der Waals surface area contributed by atoms with Gasteiger partial charge < -0.3 is 9.47 Å². The number of hydrogen-bond donors (Lipinski definition) is 0. The number of ketones is 1. The third-order valence-electron chi connectivity index (χ3n) is 3.79. The number of nitrogens with zero attached hydrogens (tertiary/aromatic N) is 3. The van der Waals surface area contributed by atoms with Crippen molar-refractivity contribution in [3.05, 3.63) is 47.0 Å². The molecule has 1 unspecified atom stereocenters. The van der Waals surface area contributed by atoms with E-state index in [1.165, 1.54) is 21.1 Å². The van der Waals surface area contributed by atoms with Crippen LogP contribution in [-0.2, 0) is 9.59 Å². The van der Waals surface area contributed by atoms with Gasteiger partial charge in [0.25, 0.3) is 5.91 Å². The lowest BCUT2D eigenvalue weighted by molar-refractivity contribution is -0.126. The number of hydrogen-bond acceptors (Lipinski definition) is 6. The van der Waals surface area contributed by atoms with Crippen LogP contribution in [0, 0.1) is 6.92 Å². The summed E-state index contributed by atoms with van der Waals surface area (Å²) in [6.45, 7) is 3.08. The molecule has 1 amide bonds. The number of azo groups is 1. The van der Waals surface area contributed by atoms with E-state index in [2.05, 4.69) is 10.2 Å². The first-order valence-corrected chi connectivity index (χ1v) is 8.90. The third-order valence-corrected chi connectivity index (χ3v) is 4.45. The van der Waals surface area contributed by atoms with Crippen molar-refractivity contribution in [2.45, 2.75) is 19.9 Å². The monoisotopic (exact) mass is 423 g/mol. The molecule has 0 N–H and O–H groups in total. The molecule has 148 valence electrons. The number of benzene rings is 2. The van der Waals surface area contributed by atoms with Gasteiger partial charge in [-0.1, -0.05) is 23.7 Å². The topological polar surface area (TPSA) is 80.6 Å². The maximum atomic E-state index is 12.9. The van der Waals surface area contributed by atoms with Crippen molar-refractivity contribution in [1.29, 1.82) is 0 Å². The van der Waals surface area contributed by atoms with E-state index in [1.54, 1.807) is 30.3 Å². The van der Waals surface area contributed by atoms with Gasteiger partial charge in [-0.2, -0.15) is 10.2 Å². The number of methoxy groups -OCH3 is 2. The van der Waals surface area contributed by atoms with Gasteiger partial charge in [0.1, 0.15) is 22.9 Å². The summed E-state index contributed by atoms with van der Waals surface area (Å²) < 4.78 is 11.2. The van der Waals surface area contributed by atoms with Crippen LogP contribution in [-0.4, -0.2) is 32.0 Å². The average Bonchev–Trinajstić information content (AvgIpc) is 2.68. The zero-order chi connectivity index (χ0) is 20.8. The number of carbonyl (C=O) groups excluding carboxylic acids is 2. The van der Waals surface area contributed by atoms with Gasteiger partial charge in [-0.3, -0.25) is 9.59 Å². The molecule has 2 aromatic carbocycles. The fraction of sp³-hybridized carbons (Fsp3) is 0.263. The van der Waals surface area contributed by atoms with Crippen LogP contribution in [0.15, 0.2) is 46.6 Å². The van der Waals surface area contributed by atoms with Crippen molar-refractivity contribution < 1.29 is 19.1 Å². The number of rotatable bonds is 7. The van der Waals surface area contributed by atoms with Gasteiger partial charge in [0, 0.05) is 11.8 Å². The van der Waals surface area contributed by atoms with E-state index >= 15 is 0 Å². The Morgan fingerprint density at radius 2 is 1.71 bits per heavy atom. The number of carbonyl (C=O) groups is 2. The maximum Gasteiger partial charge on any atom is 0.276 e. The van der Waals surface area contributed by atoms with E-state index in [9.17, 15) is 9.59 Å². The van der Waals surface area contributed by atoms with Gasteiger partial charge in [0.05, 0.1) is 19.2 Å². The summed E-state index contributed by atoms with van der Waals surface area (Å²) in [6.07, 6.45) is 0. The highest BCUT2D eigenvalue weighted by Crippen LogP contribution is 2.39. The molecule has 0 saturated heterocycles. The van der Waals surface area contributed by atoms with Crippen LogP contribution < -0.4 is 13.9 Å². The number of ether oxygens (including phenoxy) is 2. The molecule has 7 nitrogen and oxygen atoms in total. The van der Waals surface area contributed by atoms with Gasteiger partial charge >= 0.3 is 0 Å². The van der Waals surface area contributed by atoms with Gasteiger partial charge in [-0.25, -0.2) is 4.42 Å². The van der Waals surface area contributed by atoms with Crippen LogP contribution in [0.25, 0.3) is 0 Å². The number of para-hydroxylation sites is 1.